The number of hydrogen-bond donors (Lipinski definition) is 4. The fraction of sp³-hybridized carbons (Fsp3) is 0.571. The number of ether oxygens (including phenoxy) is 2. The average Bonchev–Trinajstić information content (AvgIpc) is 3.46. The van der Waals surface area contributed by atoms with Crippen LogP contribution in [0.25, 0.3) is 0 Å². The Morgan fingerprint density at radius 1 is 1.00 bits per heavy atom. The summed E-state index contributed by atoms with van der Waals surface area (Å²) >= 11 is 6.47. The lowest BCUT2D eigenvalue weighted by Gasteiger charge is -2.45. The molecule has 2 aliphatic rings. The molecule has 1 saturated carbocycles. The largest absolute Gasteiger partial charge is 0.497 e. The number of nitrogens with one attached hydrogen (secondary N) is 2. The van der Waals surface area contributed by atoms with Crippen LogP contribution in [0.4, 0.5) is 19.3 Å². The van der Waals surface area contributed by atoms with E-state index in [-0.39, 0.29) is 19.5 Å². The molecule has 2 fully saturated rings. The highest BCUT2D eigenvalue weighted by molar-refractivity contribution is 6.30. The van der Waals surface area contributed by atoms with Crippen molar-refractivity contribution in [3.05, 3.63) is 58.6 Å². The van der Waals surface area contributed by atoms with Crippen LogP contribution < -0.4 is 26.8 Å². The van der Waals surface area contributed by atoms with Gasteiger partial charge in [0.1, 0.15) is 17.9 Å². The van der Waals surface area contributed by atoms with Crippen LogP contribution in [0.1, 0.15) is 76.8 Å². The molecule has 0 aromatic heterocycles. The van der Waals surface area contributed by atoms with Crippen molar-refractivity contribution >= 4 is 35.2 Å². The van der Waals surface area contributed by atoms with Gasteiger partial charge in [-0.25, -0.2) is 22.9 Å². The lowest BCUT2D eigenvalue weighted by molar-refractivity contribution is -0.872. The first-order chi connectivity index (χ1) is 22.6. The molecule has 10 nitrogen and oxygen atoms in total. The summed E-state index contributed by atoms with van der Waals surface area (Å²) in [5.74, 6) is -1.08. The quantitative estimate of drug-likeness (QED) is 0.160. The molecule has 4 rings (SSSR count). The van der Waals surface area contributed by atoms with Gasteiger partial charge in [0.2, 0.25) is 5.66 Å². The standard InChI is InChI=1S/C35H48ClF2N5O5/c1-34(2,3)48-33(46)42-35(40,24-9-6-5-7-10-24)32(45)43(18-8-11-29(43)31(39)44)21-23-19-25(36)13-12-22(23)20-28(30(37)38)41-26-14-16-27(47-4)17-15-26/h12-17,19,24,28-30,41H,5-11,18,20-21,40H2,1-4H3,(H2-,39,42,44,46)/p+1/t28?,29-,35+,43?/m0/s1. The minimum Gasteiger partial charge on any atom is -0.497 e. The molecule has 4 atom stereocenters. The Morgan fingerprint density at radius 3 is 2.25 bits per heavy atom. The summed E-state index contributed by atoms with van der Waals surface area (Å²) in [5.41, 5.74) is 11.8. The number of benzene rings is 2. The Kier molecular flexibility index (Phi) is 12.0. The van der Waals surface area contributed by atoms with Gasteiger partial charge in [-0.15, -0.1) is 0 Å². The summed E-state index contributed by atoms with van der Waals surface area (Å²) in [6.45, 7) is 5.26. The van der Waals surface area contributed by atoms with Crippen molar-refractivity contribution in [2.75, 3.05) is 19.0 Å². The summed E-state index contributed by atoms with van der Waals surface area (Å²) in [5, 5.41) is 5.98. The Hall–Kier alpha value is -3.48. The van der Waals surface area contributed by atoms with Gasteiger partial charge in [0.05, 0.1) is 19.7 Å². The molecule has 1 aliphatic carbocycles. The van der Waals surface area contributed by atoms with Gasteiger partial charge in [-0.1, -0.05) is 36.9 Å². The molecule has 0 spiro atoms. The molecule has 48 heavy (non-hydrogen) atoms. The zero-order valence-electron chi connectivity index (χ0n) is 28.2. The van der Waals surface area contributed by atoms with Gasteiger partial charge >= 0.3 is 12.0 Å². The first-order valence-corrected chi connectivity index (χ1v) is 16.9. The molecule has 3 amide bonds. The van der Waals surface area contributed by atoms with Crippen molar-refractivity contribution in [1.29, 1.82) is 0 Å². The number of halogens is 3. The van der Waals surface area contributed by atoms with Crippen LogP contribution in [0.3, 0.4) is 0 Å². The van der Waals surface area contributed by atoms with E-state index in [1.54, 1.807) is 63.2 Å². The van der Waals surface area contributed by atoms with E-state index in [1.807, 2.05) is 0 Å². The molecule has 13 heteroatoms. The van der Waals surface area contributed by atoms with E-state index < -0.39 is 58.1 Å². The van der Waals surface area contributed by atoms with E-state index >= 15 is 4.79 Å². The van der Waals surface area contributed by atoms with E-state index in [9.17, 15) is 18.4 Å². The minimum atomic E-state index is -2.74. The third-order valence-electron chi connectivity index (χ3n) is 9.48. The Bertz CT molecular complexity index is 1450. The van der Waals surface area contributed by atoms with E-state index in [2.05, 4.69) is 10.6 Å². The SMILES string of the molecule is COc1ccc(NC(Cc2ccc(Cl)cc2C[N+]2(C(=O)[C@](N)(NC(=O)OC(C)(C)C)C3CCCCC3)CCC[C@H]2C(N)=O)C(F)F)cc1. The van der Waals surface area contributed by atoms with Crippen LogP contribution in [-0.4, -0.2) is 65.8 Å². The first-order valence-electron chi connectivity index (χ1n) is 16.5. The van der Waals surface area contributed by atoms with Gasteiger partial charge in [-0.2, -0.15) is 0 Å². The normalized spacial score (nSPS) is 22.1. The molecule has 1 saturated heterocycles. The molecular weight excluding hydrogens is 644 g/mol. The maximum Gasteiger partial charge on any atom is 0.409 e. The molecule has 1 heterocycles. The fourth-order valence-electron chi connectivity index (χ4n) is 7.17. The minimum absolute atomic E-state index is 0.0809. The lowest BCUT2D eigenvalue weighted by Crippen LogP contribution is -2.76. The number of hydrogen-bond acceptors (Lipinski definition) is 7. The van der Waals surface area contributed by atoms with E-state index in [0.717, 1.165) is 19.3 Å². The third kappa shape index (κ3) is 8.75. The third-order valence-corrected chi connectivity index (χ3v) is 9.72. The topological polar surface area (TPSA) is 146 Å². The number of carbonyl (C=O) groups excluding carboxylic acids is 3. The molecule has 264 valence electrons. The molecule has 2 aromatic carbocycles. The second-order valence-electron chi connectivity index (χ2n) is 14.0. The number of amides is 3. The number of nitrogens with zero attached hydrogens (tertiary/aromatic N) is 1. The fourth-order valence-corrected chi connectivity index (χ4v) is 7.37. The summed E-state index contributed by atoms with van der Waals surface area (Å²) in [7, 11) is 1.52. The van der Waals surface area contributed by atoms with Crippen molar-refractivity contribution in [1.82, 2.24) is 5.32 Å². The smallest absolute Gasteiger partial charge is 0.409 e. The van der Waals surface area contributed by atoms with Crippen LogP contribution in [0.5, 0.6) is 5.75 Å². The number of rotatable bonds is 12. The monoisotopic (exact) mass is 692 g/mol. The van der Waals surface area contributed by atoms with Crippen LogP contribution in [0.2, 0.25) is 5.02 Å². The van der Waals surface area contributed by atoms with Crippen LogP contribution >= 0.6 is 11.6 Å². The second-order valence-corrected chi connectivity index (χ2v) is 14.5. The predicted octanol–water partition coefficient (Wildman–Crippen LogP) is 5.89. The number of quaternary nitrogens is 1. The Labute approximate surface area is 286 Å². The number of alkyl carbamates (subject to hydrolysis) is 1. The first kappa shape index (κ1) is 37.3. The number of anilines is 1. The van der Waals surface area contributed by atoms with E-state index in [4.69, 9.17) is 32.5 Å². The summed E-state index contributed by atoms with van der Waals surface area (Å²) in [4.78, 5) is 41.4. The molecular formula is C35H49ClF2N5O5+. The number of primary amides is 1. The number of likely N-dealkylation sites (tertiary alicyclic amines) is 1. The van der Waals surface area contributed by atoms with Gasteiger partial charge in [-0.3, -0.25) is 15.8 Å². The van der Waals surface area contributed by atoms with Gasteiger partial charge in [-0.05, 0) is 82.0 Å². The molecule has 2 unspecified atom stereocenters. The van der Waals surface area contributed by atoms with Gasteiger partial charge in [0, 0.05) is 35.0 Å². The van der Waals surface area contributed by atoms with Crippen molar-refractivity contribution < 1.29 is 37.1 Å². The molecule has 1 aliphatic heterocycles. The number of carbonyl (C=O) groups is 3. The number of nitrogens with two attached hydrogens (primary N) is 2. The molecule has 0 bridgehead atoms. The van der Waals surface area contributed by atoms with E-state index in [1.165, 1.54) is 7.11 Å². The maximum absolute atomic E-state index is 15.1. The lowest BCUT2D eigenvalue weighted by atomic mass is 9.78. The number of methoxy groups -OCH3 is 1. The zero-order valence-corrected chi connectivity index (χ0v) is 29.0. The van der Waals surface area contributed by atoms with Crippen molar-refractivity contribution in [3.63, 3.8) is 0 Å². The van der Waals surface area contributed by atoms with Gasteiger partial charge in [0.15, 0.2) is 6.04 Å². The van der Waals surface area contributed by atoms with Crippen LogP contribution in [-0.2, 0) is 27.3 Å². The molecule has 0 radical (unpaired) electrons. The summed E-state index contributed by atoms with van der Waals surface area (Å²) in [6.07, 6.45) is 0.905. The highest BCUT2D eigenvalue weighted by atomic mass is 35.5. The number of alkyl halides is 2. The Morgan fingerprint density at radius 2 is 1.67 bits per heavy atom. The Balaban J connectivity index is 1.75. The zero-order chi connectivity index (χ0) is 35.3. The molecule has 6 N–H and O–H groups in total. The highest BCUT2D eigenvalue weighted by Crippen LogP contribution is 2.39. The predicted molar refractivity (Wildman–Crippen MR) is 180 cm³/mol. The average molecular weight is 693 g/mol. The highest BCUT2D eigenvalue weighted by Gasteiger charge is 2.60. The van der Waals surface area contributed by atoms with Gasteiger partial charge < -0.3 is 20.5 Å². The van der Waals surface area contributed by atoms with Crippen LogP contribution in [0.15, 0.2) is 42.5 Å². The van der Waals surface area contributed by atoms with Gasteiger partial charge in [0.25, 0.3) is 12.3 Å². The van der Waals surface area contributed by atoms with E-state index in [0.29, 0.717) is 53.3 Å². The van der Waals surface area contributed by atoms with Crippen molar-refractivity contribution in [3.8, 4) is 5.75 Å². The summed E-state index contributed by atoms with van der Waals surface area (Å²) < 4.78 is 39.3. The maximum atomic E-state index is 15.1. The molecule has 2 aromatic rings. The van der Waals surface area contributed by atoms with Crippen molar-refractivity contribution in [2.45, 2.75) is 108 Å². The van der Waals surface area contributed by atoms with Crippen LogP contribution in [0, 0.1) is 5.92 Å². The van der Waals surface area contributed by atoms with Crippen molar-refractivity contribution in [2.24, 2.45) is 17.4 Å². The second kappa shape index (κ2) is 15.4. The summed E-state index contributed by atoms with van der Waals surface area (Å²) in [6, 6.07) is 9.31.